The van der Waals surface area contributed by atoms with Gasteiger partial charge >= 0.3 is 26.2 Å². The molecule has 0 spiro atoms. The molecule has 0 atom stereocenters. The zero-order chi connectivity index (χ0) is 15.3. The van der Waals surface area contributed by atoms with Gasteiger partial charge in [0.25, 0.3) is 0 Å². The van der Waals surface area contributed by atoms with Crippen LogP contribution in [-0.2, 0) is 38.0 Å². The Morgan fingerprint density at radius 1 is 1.19 bits per heavy atom. The molecule has 0 aliphatic heterocycles. The van der Waals surface area contributed by atoms with Crippen molar-refractivity contribution >= 4 is 0 Å². The maximum atomic E-state index is 3.10. The number of rotatable bonds is 1. The molecule has 114 valence electrons. The van der Waals surface area contributed by atoms with Gasteiger partial charge in [-0.2, -0.15) is 34.4 Å². The first-order chi connectivity index (χ1) is 9.29. The van der Waals surface area contributed by atoms with Crippen LogP contribution in [0.2, 0.25) is 0 Å². The van der Waals surface area contributed by atoms with Crippen LogP contribution >= 0.6 is 0 Å². The van der Waals surface area contributed by atoms with E-state index in [1.165, 1.54) is 36.0 Å². The minimum Gasteiger partial charge on any atom is -0.275 e. The summed E-state index contributed by atoms with van der Waals surface area (Å²) < 4.78 is 0. The fraction of sp³-hybridized carbons (Fsp3) is 0.550. The second kappa shape index (κ2) is 8.99. The Balaban J connectivity index is 0.000000373. The first kappa shape index (κ1) is 20.7. The predicted molar refractivity (Wildman–Crippen MR) is 90.2 cm³/mol. The van der Waals surface area contributed by atoms with E-state index in [0.717, 1.165) is 0 Å². The molecule has 0 saturated carbocycles. The molecule has 0 unspecified atom stereocenters. The summed E-state index contributed by atoms with van der Waals surface area (Å²) in [6.07, 6.45) is 7.12. The smallest absolute Gasteiger partial charge is 0.275 e. The topological polar surface area (TPSA) is 0 Å². The first-order valence-corrected chi connectivity index (χ1v) is 7.70. The molecule has 0 radical (unpaired) electrons. The summed E-state index contributed by atoms with van der Waals surface area (Å²) >= 11 is 0. The summed E-state index contributed by atoms with van der Waals surface area (Å²) in [5.41, 5.74) is 7.61. The Labute approximate surface area is 151 Å². The van der Waals surface area contributed by atoms with Gasteiger partial charge in [-0.1, -0.05) is 47.5 Å². The van der Waals surface area contributed by atoms with Gasteiger partial charge in [-0.05, 0) is 11.8 Å². The second-order valence-electron chi connectivity index (χ2n) is 6.70. The van der Waals surface area contributed by atoms with Gasteiger partial charge in [-0.25, -0.2) is 11.6 Å². The van der Waals surface area contributed by atoms with E-state index in [9.17, 15) is 0 Å². The van der Waals surface area contributed by atoms with E-state index in [2.05, 4.69) is 65.8 Å². The number of fused-ring (bicyclic) bond motifs is 1. The van der Waals surface area contributed by atoms with Crippen molar-refractivity contribution < 1.29 is 26.2 Å². The van der Waals surface area contributed by atoms with Crippen molar-refractivity contribution in [2.24, 2.45) is 0 Å². The number of allylic oxidation sites excluding steroid dienone is 4. The van der Waals surface area contributed by atoms with Crippen LogP contribution in [0.15, 0.2) is 34.9 Å². The molecule has 0 fully saturated rings. The van der Waals surface area contributed by atoms with Gasteiger partial charge in [0.15, 0.2) is 0 Å². The van der Waals surface area contributed by atoms with Gasteiger partial charge in [0.05, 0.1) is 0 Å². The van der Waals surface area contributed by atoms with Gasteiger partial charge in [-0.15, -0.1) is 13.8 Å². The third-order valence-corrected chi connectivity index (χ3v) is 4.57. The standard InChI is InChI=1S/C11H15.C9H15.Zr/c1-11(2)8-4-6-9-5-3-7-10(9)11;1-6-8(4)9(5)7(2)3;/h3,5,7H,4,6,8H2,1-2H3;1-5H3;/q2*-1;+2. The molecule has 1 heteroatoms. The molecule has 1 aromatic carbocycles. The van der Waals surface area contributed by atoms with Crippen molar-refractivity contribution in [1.82, 2.24) is 0 Å². The van der Waals surface area contributed by atoms with E-state index in [-0.39, 0.29) is 26.2 Å². The average Bonchev–Trinajstić information content (AvgIpc) is 2.87. The Hall–Kier alpha value is -0.287. The van der Waals surface area contributed by atoms with Gasteiger partial charge in [0.2, 0.25) is 0 Å². The largest absolute Gasteiger partial charge is 2.00 e. The van der Waals surface area contributed by atoms with Crippen molar-refractivity contribution in [2.75, 3.05) is 0 Å². The first-order valence-electron chi connectivity index (χ1n) is 7.70. The Bertz CT molecular complexity index is 494. The molecule has 0 heterocycles. The van der Waals surface area contributed by atoms with Gasteiger partial charge < -0.3 is 0 Å². The van der Waals surface area contributed by atoms with Crippen LogP contribution in [0.5, 0.6) is 0 Å². The van der Waals surface area contributed by atoms with Gasteiger partial charge in [0, 0.05) is 0 Å². The molecular weight excluding hydrogens is 331 g/mol. The molecule has 0 saturated heterocycles. The average molecular weight is 362 g/mol. The van der Waals surface area contributed by atoms with E-state index >= 15 is 0 Å². The van der Waals surface area contributed by atoms with Crippen molar-refractivity contribution in [3.63, 3.8) is 0 Å². The third-order valence-electron chi connectivity index (χ3n) is 4.57. The second-order valence-corrected chi connectivity index (χ2v) is 6.70. The molecule has 1 aliphatic carbocycles. The fourth-order valence-corrected chi connectivity index (χ4v) is 2.75. The molecule has 1 aromatic rings. The van der Waals surface area contributed by atoms with Crippen LogP contribution in [0, 0.1) is 6.08 Å². The molecule has 0 nitrogen and oxygen atoms in total. The van der Waals surface area contributed by atoms with E-state index in [1.807, 2.05) is 6.92 Å². The summed E-state index contributed by atoms with van der Waals surface area (Å²) in [5, 5.41) is 0. The Morgan fingerprint density at radius 3 is 2.24 bits per heavy atom. The van der Waals surface area contributed by atoms with Crippen molar-refractivity contribution in [1.29, 1.82) is 0 Å². The minimum absolute atomic E-state index is 0. The normalized spacial score (nSPS) is 16.0. The summed E-state index contributed by atoms with van der Waals surface area (Å²) in [6, 6.07) is 6.75. The van der Waals surface area contributed by atoms with Crippen LogP contribution in [0.3, 0.4) is 0 Å². The number of hydrogen-bond donors (Lipinski definition) is 0. The van der Waals surface area contributed by atoms with Crippen molar-refractivity contribution in [2.45, 2.75) is 73.1 Å². The number of aryl methyl sites for hydroxylation is 1. The van der Waals surface area contributed by atoms with Crippen LogP contribution in [0.25, 0.3) is 0 Å². The molecule has 21 heavy (non-hydrogen) atoms. The molecule has 0 aromatic heterocycles. The maximum Gasteiger partial charge on any atom is 2.00 e. The third kappa shape index (κ3) is 5.78. The van der Waals surface area contributed by atoms with E-state index in [1.54, 1.807) is 11.1 Å². The summed E-state index contributed by atoms with van der Waals surface area (Å²) in [4.78, 5) is 0. The molecule has 2 rings (SSSR count). The number of hydrogen-bond acceptors (Lipinski definition) is 0. The van der Waals surface area contributed by atoms with E-state index in [0.29, 0.717) is 5.41 Å². The summed E-state index contributed by atoms with van der Waals surface area (Å²) in [6.45, 7) is 15.1. The SMILES string of the molecule is CC1(C)CCCc2cc[cH-]c21.C[C-]=C(C)C(C)=C(C)C.[Zr+2]. The molecule has 1 aliphatic rings. The zero-order valence-electron chi connectivity index (χ0n) is 14.9. The minimum atomic E-state index is 0. The van der Waals surface area contributed by atoms with Crippen LogP contribution in [0.1, 0.15) is 72.4 Å². The Morgan fingerprint density at radius 2 is 1.81 bits per heavy atom. The van der Waals surface area contributed by atoms with Gasteiger partial charge in [-0.3, -0.25) is 6.08 Å². The monoisotopic (exact) mass is 360 g/mol. The maximum absolute atomic E-state index is 3.10. The fourth-order valence-electron chi connectivity index (χ4n) is 2.75. The quantitative estimate of drug-likeness (QED) is 0.417. The van der Waals surface area contributed by atoms with Crippen LogP contribution in [-0.4, -0.2) is 0 Å². The van der Waals surface area contributed by atoms with Gasteiger partial charge in [0.1, 0.15) is 0 Å². The van der Waals surface area contributed by atoms with Crippen molar-refractivity contribution in [3.05, 3.63) is 52.1 Å². The molecule has 0 amide bonds. The molecule has 0 bridgehead atoms. The Kier molecular flexibility index (Phi) is 8.87. The van der Waals surface area contributed by atoms with Crippen LogP contribution < -0.4 is 0 Å². The molecular formula is C20H30Zr. The van der Waals surface area contributed by atoms with Crippen LogP contribution in [0.4, 0.5) is 0 Å². The van der Waals surface area contributed by atoms with Crippen molar-refractivity contribution in [3.8, 4) is 0 Å². The van der Waals surface area contributed by atoms with E-state index < -0.39 is 0 Å². The molecule has 0 N–H and O–H groups in total. The predicted octanol–water partition coefficient (Wildman–Crippen LogP) is 6.13. The summed E-state index contributed by atoms with van der Waals surface area (Å²) in [5.74, 6) is 0. The zero-order valence-corrected chi connectivity index (χ0v) is 17.3. The summed E-state index contributed by atoms with van der Waals surface area (Å²) in [7, 11) is 0. The van der Waals surface area contributed by atoms with E-state index in [4.69, 9.17) is 0 Å².